The van der Waals surface area contributed by atoms with Gasteiger partial charge in [0.2, 0.25) is 0 Å². The second-order valence-corrected chi connectivity index (χ2v) is 1.49. The van der Waals surface area contributed by atoms with Crippen molar-refractivity contribution < 1.29 is 14.6 Å². The van der Waals surface area contributed by atoms with Gasteiger partial charge in [0.1, 0.15) is 0 Å². The normalized spacial score (nSPS) is 9.12. The Morgan fingerprint density at radius 3 is 2.75 bits per heavy atom. The lowest BCUT2D eigenvalue weighted by molar-refractivity contribution is -0.137. The Hall–Kier alpha value is -0.570. The van der Waals surface area contributed by atoms with Crippen molar-refractivity contribution in [1.29, 1.82) is 0 Å². The number of rotatable bonds is 4. The van der Waals surface area contributed by atoms with E-state index in [2.05, 4.69) is 4.74 Å². The van der Waals surface area contributed by atoms with Crippen LogP contribution in [0.1, 0.15) is 12.8 Å². The largest absolute Gasteiger partial charge is 0.481 e. The first-order chi connectivity index (χ1) is 3.77. The van der Waals surface area contributed by atoms with Crippen LogP contribution in [0.3, 0.4) is 0 Å². The van der Waals surface area contributed by atoms with Gasteiger partial charge >= 0.3 is 5.97 Å². The van der Waals surface area contributed by atoms with Crippen molar-refractivity contribution in [2.45, 2.75) is 12.8 Å². The van der Waals surface area contributed by atoms with E-state index < -0.39 is 5.97 Å². The van der Waals surface area contributed by atoms with E-state index in [9.17, 15) is 4.79 Å². The Balaban J connectivity index is 2.82. The average molecular weight is 118 g/mol. The third-order valence-electron chi connectivity index (χ3n) is 0.739. The van der Waals surface area contributed by atoms with Crippen molar-refractivity contribution in [1.82, 2.24) is 0 Å². The van der Waals surface area contributed by atoms with E-state index in [4.69, 9.17) is 5.11 Å². The Morgan fingerprint density at radius 2 is 2.38 bits per heavy atom. The summed E-state index contributed by atoms with van der Waals surface area (Å²) in [6.07, 6.45) is 0.805. The molecule has 0 spiro atoms. The van der Waals surface area contributed by atoms with Crippen LogP contribution in [-0.2, 0) is 9.53 Å². The zero-order chi connectivity index (χ0) is 6.41. The molecule has 0 rings (SSSR count). The molecule has 0 aromatic heterocycles. The fraction of sp³-hybridized carbons (Fsp3) is 0.800. The van der Waals surface area contributed by atoms with Crippen molar-refractivity contribution >= 4 is 5.97 Å². The molecule has 3 heteroatoms. The van der Waals surface area contributed by atoms with Crippen molar-refractivity contribution in [2.75, 3.05) is 13.7 Å². The molecule has 0 unspecified atom stereocenters. The molecule has 0 atom stereocenters. The van der Waals surface area contributed by atoms with Gasteiger partial charge in [-0.3, -0.25) is 4.79 Å². The van der Waals surface area contributed by atoms with E-state index >= 15 is 0 Å². The maximum Gasteiger partial charge on any atom is 0.303 e. The predicted octanol–water partition coefficient (Wildman–Crippen LogP) is 0.498. The van der Waals surface area contributed by atoms with Crippen molar-refractivity contribution in [3.05, 3.63) is 0 Å². The summed E-state index contributed by atoms with van der Waals surface area (Å²) in [5.74, 6) is -0.762. The Morgan fingerprint density at radius 1 is 1.75 bits per heavy atom. The zero-order valence-electron chi connectivity index (χ0n) is 4.89. The van der Waals surface area contributed by atoms with Gasteiger partial charge < -0.3 is 9.84 Å². The van der Waals surface area contributed by atoms with E-state index in [0.717, 1.165) is 0 Å². The summed E-state index contributed by atoms with van der Waals surface area (Å²) in [5, 5.41) is 8.08. The van der Waals surface area contributed by atoms with Gasteiger partial charge in [-0.05, 0) is 6.42 Å². The first kappa shape index (κ1) is 7.43. The van der Waals surface area contributed by atoms with Gasteiger partial charge in [0, 0.05) is 20.1 Å². The van der Waals surface area contributed by atoms with Gasteiger partial charge in [-0.15, -0.1) is 0 Å². The molecule has 48 valence electrons. The topological polar surface area (TPSA) is 46.5 Å². The molecule has 0 aliphatic carbocycles. The molecule has 0 saturated carbocycles. The number of carboxylic acids is 1. The van der Waals surface area contributed by atoms with Crippen LogP contribution in [0.4, 0.5) is 0 Å². The first-order valence-electron chi connectivity index (χ1n) is 2.48. The first-order valence-corrected chi connectivity index (χ1v) is 2.48. The van der Waals surface area contributed by atoms with E-state index in [1.165, 1.54) is 0 Å². The number of hydrogen-bond acceptors (Lipinski definition) is 2. The van der Waals surface area contributed by atoms with Crippen LogP contribution in [0, 0.1) is 0 Å². The zero-order valence-corrected chi connectivity index (χ0v) is 4.89. The van der Waals surface area contributed by atoms with Gasteiger partial charge in [0.25, 0.3) is 0 Å². The number of ether oxygens (including phenoxy) is 1. The highest BCUT2D eigenvalue weighted by Crippen LogP contribution is 1.86. The number of aliphatic carboxylic acids is 1. The number of methoxy groups -OCH3 is 1. The SMILES string of the molecule is COCCCC(=O)O. The molecule has 0 aliphatic heterocycles. The predicted molar refractivity (Wildman–Crippen MR) is 28.7 cm³/mol. The van der Waals surface area contributed by atoms with Crippen LogP contribution in [0.15, 0.2) is 0 Å². The Labute approximate surface area is 48.3 Å². The fourth-order valence-electron chi connectivity index (χ4n) is 0.368. The standard InChI is InChI=1S/C5H10O3/c1-8-4-2-3-5(6)7/h2-4H2,1H3,(H,6,7). The van der Waals surface area contributed by atoms with Gasteiger partial charge in [0.15, 0.2) is 0 Å². The fourth-order valence-corrected chi connectivity index (χ4v) is 0.368. The monoisotopic (exact) mass is 118 g/mol. The van der Waals surface area contributed by atoms with E-state index in [1.807, 2.05) is 0 Å². The second kappa shape index (κ2) is 4.59. The minimum absolute atomic E-state index is 0.202. The van der Waals surface area contributed by atoms with E-state index in [0.29, 0.717) is 13.0 Å². The van der Waals surface area contributed by atoms with E-state index in [1.54, 1.807) is 7.11 Å². The number of hydrogen-bond donors (Lipinski definition) is 1. The van der Waals surface area contributed by atoms with Crippen LogP contribution in [0.25, 0.3) is 0 Å². The van der Waals surface area contributed by atoms with Crippen molar-refractivity contribution in [3.8, 4) is 0 Å². The number of carbonyl (C=O) groups is 1. The van der Waals surface area contributed by atoms with Gasteiger partial charge in [0.05, 0.1) is 0 Å². The molecule has 0 radical (unpaired) electrons. The van der Waals surface area contributed by atoms with E-state index in [-0.39, 0.29) is 6.42 Å². The minimum atomic E-state index is -0.762. The Kier molecular flexibility index (Phi) is 4.26. The van der Waals surface area contributed by atoms with Crippen LogP contribution < -0.4 is 0 Å². The molecule has 0 saturated heterocycles. The van der Waals surface area contributed by atoms with Crippen molar-refractivity contribution in [3.63, 3.8) is 0 Å². The highest BCUT2D eigenvalue weighted by atomic mass is 16.5. The lowest BCUT2D eigenvalue weighted by atomic mass is 10.3. The summed E-state index contributed by atoms with van der Waals surface area (Å²) in [7, 11) is 1.56. The molecular formula is C5H10O3. The van der Waals surface area contributed by atoms with Crippen molar-refractivity contribution in [2.24, 2.45) is 0 Å². The van der Waals surface area contributed by atoms with Gasteiger partial charge in [-0.1, -0.05) is 0 Å². The molecule has 0 heterocycles. The lowest BCUT2D eigenvalue weighted by Crippen LogP contribution is -1.97. The summed E-state index contributed by atoms with van der Waals surface area (Å²) in [4.78, 5) is 9.82. The molecule has 0 aliphatic rings. The molecule has 0 aromatic rings. The third kappa shape index (κ3) is 5.43. The molecule has 8 heavy (non-hydrogen) atoms. The number of carboxylic acid groups (broad SMARTS) is 1. The highest BCUT2D eigenvalue weighted by molar-refractivity contribution is 5.66. The third-order valence-corrected chi connectivity index (χ3v) is 0.739. The molecule has 0 amide bonds. The summed E-state index contributed by atoms with van der Waals surface area (Å²) in [6.45, 7) is 0.534. The molecule has 0 bridgehead atoms. The smallest absolute Gasteiger partial charge is 0.303 e. The summed E-state index contributed by atoms with van der Waals surface area (Å²) in [5.41, 5.74) is 0. The molecule has 0 aromatic carbocycles. The highest BCUT2D eigenvalue weighted by Gasteiger charge is 1.93. The molecule has 3 nitrogen and oxygen atoms in total. The quantitative estimate of drug-likeness (QED) is 0.547. The maximum absolute atomic E-state index is 9.82. The van der Waals surface area contributed by atoms with Crippen LogP contribution in [0.5, 0.6) is 0 Å². The lowest BCUT2D eigenvalue weighted by Gasteiger charge is -1.91. The molecule has 0 fully saturated rings. The summed E-state index contributed by atoms with van der Waals surface area (Å²) < 4.78 is 4.63. The minimum Gasteiger partial charge on any atom is -0.481 e. The molecule has 1 N–H and O–H groups in total. The van der Waals surface area contributed by atoms with Gasteiger partial charge in [-0.2, -0.15) is 0 Å². The average Bonchev–Trinajstić information content (AvgIpc) is 1.66. The van der Waals surface area contributed by atoms with Crippen LogP contribution in [-0.4, -0.2) is 24.8 Å². The van der Waals surface area contributed by atoms with Crippen LogP contribution in [0.2, 0.25) is 0 Å². The summed E-state index contributed by atoms with van der Waals surface area (Å²) in [6, 6.07) is 0. The molecular weight excluding hydrogens is 108 g/mol. The Bertz CT molecular complexity index is 70.1. The van der Waals surface area contributed by atoms with Gasteiger partial charge in [-0.25, -0.2) is 0 Å². The summed E-state index contributed by atoms with van der Waals surface area (Å²) >= 11 is 0. The van der Waals surface area contributed by atoms with Crippen LogP contribution >= 0.6 is 0 Å². The second-order valence-electron chi connectivity index (χ2n) is 1.49. The maximum atomic E-state index is 9.82.